The highest BCUT2D eigenvalue weighted by Crippen LogP contribution is 2.33. The third-order valence-electron chi connectivity index (χ3n) is 4.04. The molecule has 0 amide bonds. The van der Waals surface area contributed by atoms with E-state index < -0.39 is 36.0 Å². The van der Waals surface area contributed by atoms with E-state index in [2.05, 4.69) is 4.74 Å². The standard InChI is InChI=1S/C17H18F2O6/c1-16(8-2-3-9-16)25-14(21)12-6-4-11(5-7-12)13(20)24-10-17(18,19)15(22)23/h4-7H,2-3,8-10H2,1H3,(H,22,23)/p-1. The smallest absolute Gasteiger partial charge is 0.338 e. The molecule has 1 aromatic rings. The van der Waals surface area contributed by atoms with Crippen LogP contribution in [0.2, 0.25) is 0 Å². The van der Waals surface area contributed by atoms with Crippen molar-refractivity contribution in [1.29, 1.82) is 0 Å². The van der Waals surface area contributed by atoms with Crippen molar-refractivity contribution in [3.63, 3.8) is 0 Å². The van der Waals surface area contributed by atoms with Crippen molar-refractivity contribution < 1.29 is 37.7 Å². The molecule has 0 atom stereocenters. The highest BCUT2D eigenvalue weighted by atomic mass is 19.3. The molecule has 0 bridgehead atoms. The summed E-state index contributed by atoms with van der Waals surface area (Å²) >= 11 is 0. The van der Waals surface area contributed by atoms with E-state index in [1.54, 1.807) is 0 Å². The third-order valence-corrected chi connectivity index (χ3v) is 4.04. The third kappa shape index (κ3) is 4.74. The second-order valence-corrected chi connectivity index (χ2v) is 6.19. The lowest BCUT2D eigenvalue weighted by molar-refractivity contribution is -0.331. The Morgan fingerprint density at radius 2 is 1.56 bits per heavy atom. The van der Waals surface area contributed by atoms with Gasteiger partial charge in [0.2, 0.25) is 0 Å². The fourth-order valence-corrected chi connectivity index (χ4v) is 2.55. The minimum absolute atomic E-state index is 0.0993. The van der Waals surface area contributed by atoms with Gasteiger partial charge in [-0.25, -0.2) is 9.59 Å². The Labute approximate surface area is 142 Å². The number of carbonyl (C=O) groups is 3. The second-order valence-electron chi connectivity index (χ2n) is 6.19. The zero-order chi connectivity index (χ0) is 18.7. The largest absolute Gasteiger partial charge is 0.544 e. The molecule has 6 nitrogen and oxygen atoms in total. The number of ether oxygens (including phenoxy) is 2. The van der Waals surface area contributed by atoms with E-state index in [9.17, 15) is 28.3 Å². The molecule has 1 saturated carbocycles. The minimum atomic E-state index is -4.27. The molecule has 0 saturated heterocycles. The normalized spacial score (nSPS) is 16.3. The highest BCUT2D eigenvalue weighted by molar-refractivity contribution is 5.93. The SMILES string of the molecule is CC1(OC(=O)c2ccc(C(=O)OCC(F)(F)C(=O)[O-])cc2)CCCC1. The van der Waals surface area contributed by atoms with Crippen LogP contribution in [0.4, 0.5) is 8.78 Å². The van der Waals surface area contributed by atoms with Crippen molar-refractivity contribution in [2.24, 2.45) is 0 Å². The molecule has 0 radical (unpaired) electrons. The molecular formula is C17H17F2O6-. The summed E-state index contributed by atoms with van der Waals surface area (Å²) in [6, 6.07) is 5.06. The molecule has 2 rings (SSSR count). The van der Waals surface area contributed by atoms with E-state index in [0.717, 1.165) is 25.7 Å². The van der Waals surface area contributed by atoms with Crippen LogP contribution in [0.25, 0.3) is 0 Å². The molecule has 0 N–H and O–H groups in total. The molecule has 0 unspecified atom stereocenters. The Hall–Kier alpha value is -2.51. The summed E-state index contributed by atoms with van der Waals surface area (Å²) in [5.41, 5.74) is -0.381. The first-order chi connectivity index (χ1) is 11.6. The highest BCUT2D eigenvalue weighted by Gasteiger charge is 2.34. The van der Waals surface area contributed by atoms with E-state index in [4.69, 9.17) is 4.74 Å². The second kappa shape index (κ2) is 7.16. The van der Waals surface area contributed by atoms with Crippen LogP contribution in [0, 0.1) is 0 Å². The molecular weight excluding hydrogens is 338 g/mol. The lowest BCUT2D eigenvalue weighted by Gasteiger charge is -2.24. The molecule has 25 heavy (non-hydrogen) atoms. The summed E-state index contributed by atoms with van der Waals surface area (Å²) in [6.07, 6.45) is 3.56. The van der Waals surface area contributed by atoms with Gasteiger partial charge in [0, 0.05) is 0 Å². The maximum Gasteiger partial charge on any atom is 0.338 e. The Morgan fingerprint density at radius 1 is 1.08 bits per heavy atom. The topological polar surface area (TPSA) is 92.7 Å². The lowest BCUT2D eigenvalue weighted by atomic mass is 10.1. The maximum atomic E-state index is 12.8. The fraction of sp³-hybridized carbons (Fsp3) is 0.471. The molecule has 1 aliphatic carbocycles. The minimum Gasteiger partial charge on any atom is -0.544 e. The van der Waals surface area contributed by atoms with Gasteiger partial charge >= 0.3 is 17.9 Å². The summed E-state index contributed by atoms with van der Waals surface area (Å²) < 4.78 is 35.4. The Morgan fingerprint density at radius 3 is 2.04 bits per heavy atom. The molecule has 1 aliphatic rings. The first-order valence-corrected chi connectivity index (χ1v) is 7.73. The van der Waals surface area contributed by atoms with Gasteiger partial charge in [-0.1, -0.05) is 0 Å². The number of benzene rings is 1. The lowest BCUT2D eigenvalue weighted by Crippen LogP contribution is -2.45. The van der Waals surface area contributed by atoms with Gasteiger partial charge in [0.25, 0.3) is 0 Å². The summed E-state index contributed by atoms with van der Waals surface area (Å²) in [6.45, 7) is 0.234. The van der Waals surface area contributed by atoms with Gasteiger partial charge in [-0.15, -0.1) is 0 Å². The van der Waals surface area contributed by atoms with E-state index in [-0.39, 0.29) is 11.1 Å². The van der Waals surface area contributed by atoms with Crippen LogP contribution in [-0.2, 0) is 14.3 Å². The van der Waals surface area contributed by atoms with E-state index in [1.807, 2.05) is 6.92 Å². The van der Waals surface area contributed by atoms with Crippen LogP contribution in [0.1, 0.15) is 53.3 Å². The van der Waals surface area contributed by atoms with E-state index >= 15 is 0 Å². The van der Waals surface area contributed by atoms with Crippen molar-refractivity contribution in [2.75, 3.05) is 6.61 Å². The van der Waals surface area contributed by atoms with Gasteiger partial charge in [0.1, 0.15) is 11.6 Å². The summed E-state index contributed by atoms with van der Waals surface area (Å²) in [5, 5.41) is 10.2. The molecule has 0 aliphatic heterocycles. The van der Waals surface area contributed by atoms with Gasteiger partial charge in [-0.05, 0) is 56.9 Å². The summed E-state index contributed by atoms with van der Waals surface area (Å²) in [4.78, 5) is 33.9. The molecule has 0 spiro atoms. The van der Waals surface area contributed by atoms with Gasteiger partial charge in [-0.2, -0.15) is 8.78 Å². The molecule has 136 valence electrons. The van der Waals surface area contributed by atoms with Crippen molar-refractivity contribution in [3.8, 4) is 0 Å². The van der Waals surface area contributed by atoms with Crippen LogP contribution in [-0.4, -0.2) is 36.0 Å². The van der Waals surface area contributed by atoms with Crippen molar-refractivity contribution >= 4 is 17.9 Å². The zero-order valence-corrected chi connectivity index (χ0v) is 13.6. The number of rotatable bonds is 6. The Balaban J connectivity index is 1.96. The maximum absolute atomic E-state index is 12.8. The average molecular weight is 355 g/mol. The molecule has 1 aromatic carbocycles. The number of carboxylic acids is 1. The number of hydrogen-bond acceptors (Lipinski definition) is 6. The fourth-order valence-electron chi connectivity index (χ4n) is 2.55. The van der Waals surface area contributed by atoms with Gasteiger partial charge < -0.3 is 19.4 Å². The monoisotopic (exact) mass is 355 g/mol. The Kier molecular flexibility index (Phi) is 5.39. The van der Waals surface area contributed by atoms with E-state index in [0.29, 0.717) is 0 Å². The number of halogens is 2. The molecule has 0 heterocycles. The van der Waals surface area contributed by atoms with Crippen molar-refractivity contribution in [2.45, 2.75) is 44.1 Å². The number of carbonyl (C=O) groups excluding carboxylic acids is 3. The molecule has 1 fully saturated rings. The van der Waals surface area contributed by atoms with Crippen molar-refractivity contribution in [1.82, 2.24) is 0 Å². The quantitative estimate of drug-likeness (QED) is 0.722. The van der Waals surface area contributed by atoms with Crippen molar-refractivity contribution in [3.05, 3.63) is 35.4 Å². The molecule has 0 aromatic heterocycles. The van der Waals surface area contributed by atoms with Crippen LogP contribution < -0.4 is 5.11 Å². The number of alkyl halides is 2. The first kappa shape index (κ1) is 18.8. The van der Waals surface area contributed by atoms with E-state index in [1.165, 1.54) is 24.3 Å². The predicted octanol–water partition coefficient (Wildman–Crippen LogP) is 1.72. The van der Waals surface area contributed by atoms with Gasteiger partial charge in [0.05, 0.1) is 11.1 Å². The van der Waals surface area contributed by atoms with Gasteiger partial charge in [0.15, 0.2) is 6.61 Å². The van der Waals surface area contributed by atoms with Gasteiger partial charge in [-0.3, -0.25) is 0 Å². The predicted molar refractivity (Wildman–Crippen MR) is 79.0 cm³/mol. The van der Waals surface area contributed by atoms with Crippen LogP contribution in [0.15, 0.2) is 24.3 Å². The van der Waals surface area contributed by atoms with Crippen LogP contribution >= 0.6 is 0 Å². The zero-order valence-electron chi connectivity index (χ0n) is 13.6. The summed E-state index contributed by atoms with van der Waals surface area (Å²) in [7, 11) is 0. The molecule has 8 heteroatoms. The average Bonchev–Trinajstić information content (AvgIpc) is 2.98. The number of hydrogen-bond donors (Lipinski definition) is 0. The summed E-state index contributed by atoms with van der Waals surface area (Å²) in [5.74, 6) is -8.56. The number of carboxylic acid groups (broad SMARTS) is 1. The van der Waals surface area contributed by atoms with Crippen LogP contribution in [0.3, 0.4) is 0 Å². The first-order valence-electron chi connectivity index (χ1n) is 7.73. The Bertz CT molecular complexity index is 662. The number of aliphatic carboxylic acids is 1. The van der Waals surface area contributed by atoms with Crippen LogP contribution in [0.5, 0.6) is 0 Å². The number of esters is 2.